The molecule has 154 valence electrons. The Balaban J connectivity index is 1.53. The topological polar surface area (TPSA) is 72.9 Å². The van der Waals surface area contributed by atoms with Gasteiger partial charge in [0, 0.05) is 45.7 Å². The zero-order valence-corrected chi connectivity index (χ0v) is 16.5. The van der Waals surface area contributed by atoms with E-state index in [-0.39, 0.29) is 23.4 Å². The summed E-state index contributed by atoms with van der Waals surface area (Å²) in [5.74, 6) is -0.812. The molecule has 2 saturated heterocycles. The van der Waals surface area contributed by atoms with Crippen molar-refractivity contribution in [1.82, 2.24) is 15.1 Å². The molecule has 1 aromatic carbocycles. The zero-order valence-electron chi connectivity index (χ0n) is 16.5. The number of hydrogen-bond acceptors (Lipinski definition) is 4. The second kappa shape index (κ2) is 9.01. The Kier molecular flexibility index (Phi) is 6.67. The Hall–Kier alpha value is -1.99. The maximum atomic E-state index is 13.9. The van der Waals surface area contributed by atoms with Gasteiger partial charge in [-0.15, -0.1) is 0 Å². The van der Waals surface area contributed by atoms with Crippen LogP contribution in [0.2, 0.25) is 0 Å². The summed E-state index contributed by atoms with van der Waals surface area (Å²) in [6.07, 6.45) is 3.57. The number of carbonyl (C=O) groups is 2. The van der Waals surface area contributed by atoms with E-state index in [2.05, 4.69) is 10.2 Å². The lowest BCUT2D eigenvalue weighted by Gasteiger charge is -2.38. The Bertz CT molecular complexity index is 706. The molecule has 0 aliphatic carbocycles. The van der Waals surface area contributed by atoms with Gasteiger partial charge in [0.15, 0.2) is 0 Å². The lowest BCUT2D eigenvalue weighted by Crippen LogP contribution is -2.50. The minimum absolute atomic E-state index is 0.000424. The third kappa shape index (κ3) is 5.29. The molecule has 2 amide bonds. The summed E-state index contributed by atoms with van der Waals surface area (Å²) in [4.78, 5) is 27.7. The van der Waals surface area contributed by atoms with Crippen LogP contribution in [0, 0.1) is 5.82 Å². The summed E-state index contributed by atoms with van der Waals surface area (Å²) in [6.45, 7) is 4.73. The molecule has 2 heterocycles. The van der Waals surface area contributed by atoms with Crippen molar-refractivity contribution in [2.45, 2.75) is 50.7 Å². The second-order valence-corrected chi connectivity index (χ2v) is 8.10. The van der Waals surface area contributed by atoms with E-state index in [1.54, 1.807) is 17.0 Å². The fourth-order valence-corrected chi connectivity index (χ4v) is 4.28. The number of nitrogens with zero attached hydrogens (tertiary/aromatic N) is 2. The van der Waals surface area contributed by atoms with E-state index in [4.69, 9.17) is 0 Å². The van der Waals surface area contributed by atoms with E-state index >= 15 is 0 Å². The van der Waals surface area contributed by atoms with Crippen molar-refractivity contribution in [1.29, 1.82) is 0 Å². The fraction of sp³-hybridized carbons (Fsp3) is 0.619. The molecule has 1 aromatic rings. The highest BCUT2D eigenvalue weighted by Gasteiger charge is 2.35. The van der Waals surface area contributed by atoms with Crippen molar-refractivity contribution in [2.24, 2.45) is 0 Å². The molecule has 0 saturated carbocycles. The van der Waals surface area contributed by atoms with Crippen LogP contribution in [0.4, 0.5) is 4.39 Å². The fourth-order valence-electron chi connectivity index (χ4n) is 4.28. The SMILES string of the molecule is CC(=O)NC1CCN(C[C@]2(O)CCCN(C(=O)c3ccccc3F)CC2)CC1. The van der Waals surface area contributed by atoms with Crippen molar-refractivity contribution in [3.63, 3.8) is 0 Å². The first kappa shape index (κ1) is 20.7. The number of β-amino-alcohol motifs (C(OH)–C–C–N with tert-alkyl or cyclic N) is 1. The summed E-state index contributed by atoms with van der Waals surface area (Å²) in [5.41, 5.74) is -0.751. The van der Waals surface area contributed by atoms with E-state index in [9.17, 15) is 19.1 Å². The maximum absolute atomic E-state index is 13.9. The van der Waals surface area contributed by atoms with Gasteiger partial charge in [0.1, 0.15) is 5.82 Å². The summed E-state index contributed by atoms with van der Waals surface area (Å²) in [5, 5.41) is 14.1. The number of carbonyl (C=O) groups excluding carboxylic acids is 2. The van der Waals surface area contributed by atoms with Crippen LogP contribution < -0.4 is 5.32 Å². The molecule has 3 rings (SSSR count). The average Bonchev–Trinajstić information content (AvgIpc) is 2.85. The van der Waals surface area contributed by atoms with E-state index in [0.717, 1.165) is 25.9 Å². The smallest absolute Gasteiger partial charge is 0.256 e. The molecule has 0 spiro atoms. The molecule has 28 heavy (non-hydrogen) atoms. The third-order valence-electron chi connectivity index (χ3n) is 5.82. The average molecular weight is 391 g/mol. The van der Waals surface area contributed by atoms with Gasteiger partial charge in [-0.2, -0.15) is 0 Å². The van der Waals surface area contributed by atoms with Gasteiger partial charge in [0.25, 0.3) is 5.91 Å². The van der Waals surface area contributed by atoms with Crippen molar-refractivity contribution >= 4 is 11.8 Å². The van der Waals surface area contributed by atoms with Gasteiger partial charge in [-0.05, 0) is 44.2 Å². The van der Waals surface area contributed by atoms with Gasteiger partial charge in [-0.1, -0.05) is 12.1 Å². The Labute approximate surface area is 165 Å². The molecule has 2 aliphatic rings. The highest BCUT2D eigenvalue weighted by atomic mass is 19.1. The van der Waals surface area contributed by atoms with Crippen LogP contribution in [-0.4, -0.2) is 71.1 Å². The number of rotatable bonds is 4. The van der Waals surface area contributed by atoms with Gasteiger partial charge in [0.05, 0.1) is 11.2 Å². The number of piperidine rings is 1. The van der Waals surface area contributed by atoms with Crippen LogP contribution in [0.5, 0.6) is 0 Å². The Morgan fingerprint density at radius 3 is 2.57 bits per heavy atom. The normalized spacial score (nSPS) is 24.6. The van der Waals surface area contributed by atoms with Crippen LogP contribution in [-0.2, 0) is 4.79 Å². The van der Waals surface area contributed by atoms with Crippen molar-refractivity contribution in [3.8, 4) is 0 Å². The van der Waals surface area contributed by atoms with Crippen molar-refractivity contribution in [3.05, 3.63) is 35.6 Å². The first-order chi connectivity index (χ1) is 13.4. The van der Waals surface area contributed by atoms with Crippen LogP contribution in [0.3, 0.4) is 0 Å². The molecular weight excluding hydrogens is 361 g/mol. The van der Waals surface area contributed by atoms with Gasteiger partial charge in [-0.3, -0.25) is 9.59 Å². The summed E-state index contributed by atoms with van der Waals surface area (Å²) in [7, 11) is 0. The minimum atomic E-state index is -0.842. The van der Waals surface area contributed by atoms with Crippen LogP contribution in [0.1, 0.15) is 49.4 Å². The first-order valence-electron chi connectivity index (χ1n) is 10.1. The third-order valence-corrected chi connectivity index (χ3v) is 5.82. The number of benzene rings is 1. The number of aliphatic hydroxyl groups is 1. The maximum Gasteiger partial charge on any atom is 0.256 e. The van der Waals surface area contributed by atoms with Crippen LogP contribution >= 0.6 is 0 Å². The van der Waals surface area contributed by atoms with Gasteiger partial charge < -0.3 is 20.2 Å². The molecule has 2 N–H and O–H groups in total. The van der Waals surface area contributed by atoms with Gasteiger partial charge in [0.2, 0.25) is 5.91 Å². The highest BCUT2D eigenvalue weighted by Crippen LogP contribution is 2.26. The molecule has 1 atom stereocenters. The zero-order chi connectivity index (χ0) is 20.1. The first-order valence-corrected chi connectivity index (χ1v) is 10.1. The summed E-state index contributed by atoms with van der Waals surface area (Å²) >= 11 is 0. The number of likely N-dealkylation sites (tertiary alicyclic amines) is 2. The van der Waals surface area contributed by atoms with Crippen LogP contribution in [0.25, 0.3) is 0 Å². The molecule has 6 nitrogen and oxygen atoms in total. The Morgan fingerprint density at radius 2 is 1.89 bits per heavy atom. The predicted molar refractivity (Wildman–Crippen MR) is 104 cm³/mol. The monoisotopic (exact) mass is 391 g/mol. The number of amides is 2. The standard InChI is InChI=1S/C21H30FN3O3/c1-16(26)23-17-7-12-24(13-8-17)15-21(28)9-4-11-25(14-10-21)20(27)18-5-2-3-6-19(18)22/h2-3,5-6,17,28H,4,7-15H2,1H3,(H,23,26)/t21-/m0/s1. The van der Waals surface area contributed by atoms with E-state index in [1.165, 1.54) is 19.1 Å². The molecule has 7 heteroatoms. The summed E-state index contributed by atoms with van der Waals surface area (Å²) < 4.78 is 13.9. The second-order valence-electron chi connectivity index (χ2n) is 8.10. The molecule has 0 unspecified atom stereocenters. The van der Waals surface area contributed by atoms with Crippen molar-refractivity contribution < 1.29 is 19.1 Å². The van der Waals surface area contributed by atoms with E-state index < -0.39 is 11.4 Å². The van der Waals surface area contributed by atoms with E-state index in [1.807, 2.05) is 0 Å². The predicted octanol–water partition coefficient (Wildman–Crippen LogP) is 1.78. The minimum Gasteiger partial charge on any atom is -0.388 e. The Morgan fingerprint density at radius 1 is 1.18 bits per heavy atom. The van der Waals surface area contributed by atoms with Crippen LogP contribution in [0.15, 0.2) is 24.3 Å². The highest BCUT2D eigenvalue weighted by molar-refractivity contribution is 5.94. The molecule has 2 aliphatic heterocycles. The number of nitrogens with one attached hydrogen (secondary N) is 1. The molecule has 2 fully saturated rings. The van der Waals surface area contributed by atoms with E-state index in [0.29, 0.717) is 38.9 Å². The molecule has 0 radical (unpaired) electrons. The molecule has 0 bridgehead atoms. The molecule has 0 aromatic heterocycles. The molecular formula is C21H30FN3O3. The lowest BCUT2D eigenvalue weighted by atomic mass is 9.93. The lowest BCUT2D eigenvalue weighted by molar-refractivity contribution is -0.120. The number of hydrogen-bond donors (Lipinski definition) is 2. The van der Waals surface area contributed by atoms with Gasteiger partial charge in [-0.25, -0.2) is 4.39 Å². The van der Waals surface area contributed by atoms with Gasteiger partial charge >= 0.3 is 0 Å². The number of halogens is 1. The quantitative estimate of drug-likeness (QED) is 0.821. The largest absolute Gasteiger partial charge is 0.388 e. The summed E-state index contributed by atoms with van der Waals surface area (Å²) in [6, 6.07) is 6.25. The van der Waals surface area contributed by atoms with Crippen molar-refractivity contribution in [2.75, 3.05) is 32.7 Å².